The molecule has 4 aromatic rings. The van der Waals surface area contributed by atoms with Gasteiger partial charge in [0.05, 0.1) is 16.9 Å². The van der Waals surface area contributed by atoms with Crippen molar-refractivity contribution in [1.29, 1.82) is 0 Å². The number of hydrogen-bond donors (Lipinski definition) is 3. The van der Waals surface area contributed by atoms with Gasteiger partial charge in [-0.1, -0.05) is 0 Å². The first-order valence-corrected chi connectivity index (χ1v) is 9.99. The fourth-order valence-electron chi connectivity index (χ4n) is 3.56. The summed E-state index contributed by atoms with van der Waals surface area (Å²) in [6, 6.07) is 2.76. The number of aromatic nitrogens is 3. The third kappa shape index (κ3) is 4.44. The van der Waals surface area contributed by atoms with Crippen molar-refractivity contribution in [1.82, 2.24) is 14.4 Å². The maximum absolute atomic E-state index is 15.2. The number of anilines is 2. The number of aliphatic hydroxyl groups excluding tert-OH is 1. The van der Waals surface area contributed by atoms with E-state index in [0.29, 0.717) is 17.8 Å². The Bertz CT molecular complexity index is 1620. The number of hydrogen-bond acceptors (Lipinski definition) is 5. The summed E-state index contributed by atoms with van der Waals surface area (Å²) in [4.78, 5) is 20.4. The molecule has 7 nitrogen and oxygen atoms in total. The summed E-state index contributed by atoms with van der Waals surface area (Å²) in [7, 11) is 0. The molecule has 4 N–H and O–H groups in total. The first-order valence-electron chi connectivity index (χ1n) is 11.5. The van der Waals surface area contributed by atoms with Gasteiger partial charge >= 0.3 is 6.18 Å². The van der Waals surface area contributed by atoms with Crippen molar-refractivity contribution in [2.75, 3.05) is 11.1 Å². The van der Waals surface area contributed by atoms with Gasteiger partial charge in [0.25, 0.3) is 5.91 Å². The van der Waals surface area contributed by atoms with Gasteiger partial charge in [-0.25, -0.2) is 23.1 Å². The number of aryl methyl sites for hydroxylation is 2. The number of carbonyl (C=O) groups is 1. The fourth-order valence-corrected chi connectivity index (χ4v) is 3.56. The number of aliphatic hydroxyl groups is 1. The first-order chi connectivity index (χ1) is 18.0. The Morgan fingerprint density at radius 1 is 1.17 bits per heavy atom. The second-order valence-electron chi connectivity index (χ2n) is 7.72. The van der Waals surface area contributed by atoms with E-state index in [9.17, 15) is 31.9 Å². The SMILES string of the molecule is [2H]C([2H])([2H])c1nc(-c2ccc(NC(=O)[C@@H](O)c3cc(F)cc(C(F)(F)F)c3)c(F)c2F)c2c(N)nc(C)cn12. The Kier molecular flexibility index (Phi) is 5.19. The summed E-state index contributed by atoms with van der Waals surface area (Å²) in [5, 5.41) is 12.0. The van der Waals surface area contributed by atoms with Crippen molar-refractivity contribution in [2.24, 2.45) is 0 Å². The van der Waals surface area contributed by atoms with Crippen LogP contribution in [-0.4, -0.2) is 25.4 Å². The molecule has 0 saturated carbocycles. The molecular weight excluding hydrogens is 492 g/mol. The molecule has 0 bridgehead atoms. The molecule has 0 aliphatic heterocycles. The van der Waals surface area contributed by atoms with Crippen LogP contribution in [0.2, 0.25) is 0 Å². The number of nitrogen functional groups attached to an aromatic ring is 1. The molecule has 0 spiro atoms. The maximum Gasteiger partial charge on any atom is 0.416 e. The molecule has 0 aliphatic carbocycles. The molecule has 2 aromatic carbocycles. The van der Waals surface area contributed by atoms with E-state index >= 15 is 4.39 Å². The van der Waals surface area contributed by atoms with E-state index < -0.39 is 70.7 Å². The molecule has 0 aliphatic rings. The number of imidazole rings is 1. The van der Waals surface area contributed by atoms with Crippen molar-refractivity contribution < 1.29 is 40.4 Å². The van der Waals surface area contributed by atoms with Crippen LogP contribution in [-0.2, 0) is 11.0 Å². The Morgan fingerprint density at radius 3 is 2.56 bits per heavy atom. The van der Waals surface area contributed by atoms with E-state index in [1.807, 2.05) is 5.32 Å². The molecule has 0 fully saturated rings. The van der Waals surface area contributed by atoms with Crippen LogP contribution in [0.4, 0.5) is 37.8 Å². The minimum Gasteiger partial charge on any atom is -0.382 e. The Hall–Kier alpha value is -4.13. The van der Waals surface area contributed by atoms with Crippen molar-refractivity contribution in [3.05, 3.63) is 76.6 Å². The third-order valence-corrected chi connectivity index (χ3v) is 5.17. The monoisotopic (exact) mass is 512 g/mol. The van der Waals surface area contributed by atoms with Crippen molar-refractivity contribution in [3.8, 4) is 11.3 Å². The summed E-state index contributed by atoms with van der Waals surface area (Å²) in [5.41, 5.74) is 2.13. The van der Waals surface area contributed by atoms with Crippen LogP contribution < -0.4 is 11.1 Å². The fraction of sp³-hybridized carbons (Fsp3) is 0.174. The Labute approximate surface area is 203 Å². The summed E-state index contributed by atoms with van der Waals surface area (Å²) in [6.07, 6.45) is -6.06. The standard InChI is InChI=1S/C23H17F6N5O2/c1-9-8-34-10(2)32-18(19(34)21(30)31-9)14-3-4-15(17(26)16(14)25)33-22(36)20(35)11-5-12(23(27,28)29)7-13(24)6-11/h3-8,20,35H,1-2H3,(H2,30,31)(H,33,36)/t20-/m0/s1/i2D3. The van der Waals surface area contributed by atoms with E-state index in [4.69, 9.17) is 9.85 Å². The molecule has 1 amide bonds. The van der Waals surface area contributed by atoms with Crippen LogP contribution >= 0.6 is 0 Å². The van der Waals surface area contributed by atoms with Gasteiger partial charge in [-0.3, -0.25) is 9.20 Å². The van der Waals surface area contributed by atoms with Crippen LogP contribution in [0.3, 0.4) is 0 Å². The summed E-state index contributed by atoms with van der Waals surface area (Å²) < 4.78 is 107. The quantitative estimate of drug-likeness (QED) is 0.344. The summed E-state index contributed by atoms with van der Waals surface area (Å²) >= 11 is 0. The number of nitrogens with one attached hydrogen (secondary N) is 1. The van der Waals surface area contributed by atoms with Gasteiger partial charge in [0.1, 0.15) is 28.7 Å². The second-order valence-corrected chi connectivity index (χ2v) is 7.72. The number of amides is 1. The number of alkyl halides is 3. The van der Waals surface area contributed by atoms with Crippen LogP contribution in [0, 0.1) is 31.2 Å². The van der Waals surface area contributed by atoms with Gasteiger partial charge in [0.2, 0.25) is 0 Å². The number of nitrogens with zero attached hydrogens (tertiary/aromatic N) is 3. The van der Waals surface area contributed by atoms with Crippen LogP contribution in [0.1, 0.15) is 32.9 Å². The number of rotatable bonds is 4. The van der Waals surface area contributed by atoms with Crippen molar-refractivity contribution >= 4 is 22.9 Å². The number of benzene rings is 2. The van der Waals surface area contributed by atoms with Gasteiger partial charge in [0, 0.05) is 15.9 Å². The zero-order valence-corrected chi connectivity index (χ0v) is 18.1. The molecule has 0 radical (unpaired) electrons. The van der Waals surface area contributed by atoms with E-state index in [-0.39, 0.29) is 23.1 Å². The van der Waals surface area contributed by atoms with Crippen LogP contribution in [0.5, 0.6) is 0 Å². The lowest BCUT2D eigenvalue weighted by molar-refractivity contribution is -0.138. The molecule has 188 valence electrons. The van der Waals surface area contributed by atoms with Gasteiger partial charge in [0.15, 0.2) is 17.7 Å². The molecule has 0 unspecified atom stereocenters. The topological polar surface area (TPSA) is 106 Å². The molecule has 2 heterocycles. The molecule has 1 atom stereocenters. The lowest BCUT2D eigenvalue weighted by Crippen LogP contribution is -2.22. The zero-order chi connectivity index (χ0) is 29.0. The molecule has 0 saturated heterocycles. The average molecular weight is 512 g/mol. The number of fused-ring (bicyclic) bond motifs is 1. The maximum atomic E-state index is 15.2. The summed E-state index contributed by atoms with van der Waals surface area (Å²) in [5.74, 6) is -6.86. The van der Waals surface area contributed by atoms with E-state index in [1.165, 1.54) is 13.1 Å². The number of halogens is 6. The molecule has 2 aromatic heterocycles. The van der Waals surface area contributed by atoms with E-state index in [0.717, 1.165) is 16.5 Å². The van der Waals surface area contributed by atoms with Crippen LogP contribution in [0.15, 0.2) is 36.5 Å². The Balaban J connectivity index is 1.72. The predicted octanol–water partition coefficient (Wildman–Crippen LogP) is 4.70. The predicted molar refractivity (Wildman–Crippen MR) is 117 cm³/mol. The highest BCUT2D eigenvalue weighted by atomic mass is 19.4. The highest BCUT2D eigenvalue weighted by molar-refractivity contribution is 5.95. The van der Waals surface area contributed by atoms with Gasteiger partial charge < -0.3 is 16.2 Å². The summed E-state index contributed by atoms with van der Waals surface area (Å²) in [6.45, 7) is -1.25. The van der Waals surface area contributed by atoms with Gasteiger partial charge in [-0.05, 0) is 49.7 Å². The lowest BCUT2D eigenvalue weighted by atomic mass is 10.0. The zero-order valence-electron chi connectivity index (χ0n) is 21.1. The van der Waals surface area contributed by atoms with Gasteiger partial charge in [-0.15, -0.1) is 0 Å². The molecule has 4 rings (SSSR count). The molecule has 36 heavy (non-hydrogen) atoms. The molecular formula is C23H17F6N5O2. The van der Waals surface area contributed by atoms with Gasteiger partial charge in [-0.2, -0.15) is 13.2 Å². The van der Waals surface area contributed by atoms with Crippen LogP contribution in [0.25, 0.3) is 16.8 Å². The number of nitrogens with two attached hydrogens (primary N) is 1. The van der Waals surface area contributed by atoms with Crippen molar-refractivity contribution in [2.45, 2.75) is 26.1 Å². The van der Waals surface area contributed by atoms with Crippen molar-refractivity contribution in [3.63, 3.8) is 0 Å². The average Bonchev–Trinajstić information content (AvgIpc) is 3.20. The Morgan fingerprint density at radius 2 is 1.89 bits per heavy atom. The minimum absolute atomic E-state index is 0.121. The highest BCUT2D eigenvalue weighted by Crippen LogP contribution is 2.34. The molecule has 13 heteroatoms. The smallest absolute Gasteiger partial charge is 0.382 e. The third-order valence-electron chi connectivity index (χ3n) is 5.17. The second kappa shape index (κ2) is 8.82. The minimum atomic E-state index is -4.98. The van der Waals surface area contributed by atoms with E-state index in [2.05, 4.69) is 9.97 Å². The lowest BCUT2D eigenvalue weighted by Gasteiger charge is -2.15. The normalized spacial score (nSPS) is 14.3. The first kappa shape index (κ1) is 21.2. The van der Waals surface area contributed by atoms with E-state index in [1.54, 1.807) is 0 Å². The highest BCUT2D eigenvalue weighted by Gasteiger charge is 2.33. The number of carbonyl (C=O) groups excluding carboxylic acids is 1. The largest absolute Gasteiger partial charge is 0.416 e.